The molecule has 7 heteroatoms. The van der Waals surface area contributed by atoms with Gasteiger partial charge in [-0.05, 0) is 36.8 Å². The van der Waals surface area contributed by atoms with Gasteiger partial charge in [0, 0.05) is 28.4 Å². The number of rotatable bonds is 5. The summed E-state index contributed by atoms with van der Waals surface area (Å²) >= 11 is 0. The molecule has 0 saturated carbocycles. The second-order valence-electron chi connectivity index (χ2n) is 8.84. The predicted molar refractivity (Wildman–Crippen MR) is 126 cm³/mol. The average Bonchev–Trinajstić information content (AvgIpc) is 3.21. The van der Waals surface area contributed by atoms with Gasteiger partial charge < -0.3 is 10.5 Å². The van der Waals surface area contributed by atoms with E-state index in [9.17, 15) is 0 Å². The first-order valence-electron chi connectivity index (χ1n) is 10.5. The zero-order valence-electron chi connectivity index (χ0n) is 19.1. The highest BCUT2D eigenvalue weighted by atomic mass is 16.5. The molecular weight excluding hydrogens is 400 g/mol. The predicted octanol–water partition coefficient (Wildman–Crippen LogP) is 4.65. The van der Waals surface area contributed by atoms with Crippen molar-refractivity contribution in [3.8, 4) is 28.3 Å². The molecule has 3 aromatic heterocycles. The lowest BCUT2D eigenvalue weighted by molar-refractivity contribution is 0.413. The van der Waals surface area contributed by atoms with E-state index in [0.29, 0.717) is 17.9 Å². The van der Waals surface area contributed by atoms with Gasteiger partial charge in [-0.15, -0.1) is 0 Å². The van der Waals surface area contributed by atoms with E-state index in [-0.39, 0.29) is 11.4 Å². The smallest absolute Gasteiger partial charge is 0.221 e. The van der Waals surface area contributed by atoms with E-state index in [0.717, 1.165) is 33.8 Å². The van der Waals surface area contributed by atoms with E-state index in [1.165, 1.54) is 0 Å². The fourth-order valence-electron chi connectivity index (χ4n) is 3.61. The lowest BCUT2D eigenvalue weighted by Gasteiger charge is -2.18. The van der Waals surface area contributed by atoms with E-state index in [2.05, 4.69) is 41.9 Å². The Hall–Kier alpha value is -3.74. The van der Waals surface area contributed by atoms with Crippen LogP contribution in [-0.2, 0) is 12.0 Å². The van der Waals surface area contributed by atoms with Crippen LogP contribution >= 0.6 is 0 Å². The van der Waals surface area contributed by atoms with E-state index in [1.54, 1.807) is 13.3 Å². The maximum absolute atomic E-state index is 6.05. The van der Waals surface area contributed by atoms with Crippen molar-refractivity contribution in [2.45, 2.75) is 39.7 Å². The number of para-hydroxylation sites is 1. The normalized spacial score (nSPS) is 11.5. The summed E-state index contributed by atoms with van der Waals surface area (Å²) in [5.74, 6) is 0.977. The quantitative estimate of drug-likeness (QED) is 0.498. The Morgan fingerprint density at radius 3 is 2.50 bits per heavy atom. The summed E-state index contributed by atoms with van der Waals surface area (Å²) in [5.41, 5.74) is 12.2. The SMILES string of the molecule is COc1c(C)cccc1-c1cc(-c2cnn(Cc3cccc(C(C)(C)C)n3)c2)nc(N)n1. The van der Waals surface area contributed by atoms with Crippen molar-refractivity contribution in [3.63, 3.8) is 0 Å². The molecule has 0 atom stereocenters. The fourth-order valence-corrected chi connectivity index (χ4v) is 3.61. The molecular formula is C25H28N6O. The van der Waals surface area contributed by atoms with Gasteiger partial charge in [-0.2, -0.15) is 5.10 Å². The Bertz CT molecular complexity index is 1260. The van der Waals surface area contributed by atoms with Crippen LogP contribution in [0, 0.1) is 6.92 Å². The summed E-state index contributed by atoms with van der Waals surface area (Å²) in [4.78, 5) is 13.7. The highest BCUT2D eigenvalue weighted by Gasteiger charge is 2.16. The van der Waals surface area contributed by atoms with Gasteiger partial charge in [0.05, 0.1) is 36.9 Å². The maximum Gasteiger partial charge on any atom is 0.221 e. The number of hydrogen-bond donors (Lipinski definition) is 1. The molecule has 0 aliphatic rings. The molecule has 0 unspecified atom stereocenters. The molecule has 164 valence electrons. The molecule has 7 nitrogen and oxygen atoms in total. The van der Waals surface area contributed by atoms with Gasteiger partial charge in [0.1, 0.15) is 5.75 Å². The third-order valence-electron chi connectivity index (χ3n) is 5.26. The lowest BCUT2D eigenvalue weighted by atomic mass is 9.91. The summed E-state index contributed by atoms with van der Waals surface area (Å²) in [6.07, 6.45) is 3.73. The number of hydrogen-bond acceptors (Lipinski definition) is 6. The van der Waals surface area contributed by atoms with Crippen LogP contribution in [0.3, 0.4) is 0 Å². The fraction of sp³-hybridized carbons (Fsp3) is 0.280. The number of nitrogens with zero attached hydrogens (tertiary/aromatic N) is 5. The number of ether oxygens (including phenoxy) is 1. The molecule has 1 aromatic carbocycles. The molecule has 4 aromatic rings. The van der Waals surface area contributed by atoms with Crippen LogP contribution < -0.4 is 10.5 Å². The largest absolute Gasteiger partial charge is 0.496 e. The molecule has 4 rings (SSSR count). The van der Waals surface area contributed by atoms with Crippen LogP contribution in [-0.4, -0.2) is 31.8 Å². The first-order valence-corrected chi connectivity index (χ1v) is 10.5. The van der Waals surface area contributed by atoms with E-state index in [4.69, 9.17) is 15.5 Å². The zero-order valence-corrected chi connectivity index (χ0v) is 19.1. The van der Waals surface area contributed by atoms with Gasteiger partial charge >= 0.3 is 0 Å². The van der Waals surface area contributed by atoms with Crippen molar-refractivity contribution in [2.75, 3.05) is 12.8 Å². The zero-order chi connectivity index (χ0) is 22.9. The van der Waals surface area contributed by atoms with Crippen molar-refractivity contribution in [1.29, 1.82) is 0 Å². The molecule has 0 fully saturated rings. The number of nitrogens with two attached hydrogens (primary N) is 1. The highest BCUT2D eigenvalue weighted by molar-refractivity contribution is 5.73. The van der Waals surface area contributed by atoms with Gasteiger partial charge in [0.2, 0.25) is 5.95 Å². The molecule has 0 spiro atoms. The number of pyridine rings is 1. The van der Waals surface area contributed by atoms with Crippen molar-refractivity contribution in [1.82, 2.24) is 24.7 Å². The number of aryl methyl sites for hydroxylation is 1. The van der Waals surface area contributed by atoms with Crippen LogP contribution in [0.15, 0.2) is 54.9 Å². The van der Waals surface area contributed by atoms with Crippen LogP contribution in [0.4, 0.5) is 5.95 Å². The van der Waals surface area contributed by atoms with Crippen molar-refractivity contribution in [3.05, 3.63) is 71.8 Å². The van der Waals surface area contributed by atoms with Gasteiger partial charge in [-0.25, -0.2) is 9.97 Å². The third-order valence-corrected chi connectivity index (χ3v) is 5.26. The van der Waals surface area contributed by atoms with E-state index in [1.807, 2.05) is 54.2 Å². The average molecular weight is 429 g/mol. The second kappa shape index (κ2) is 8.42. The van der Waals surface area contributed by atoms with Crippen LogP contribution in [0.1, 0.15) is 37.7 Å². The van der Waals surface area contributed by atoms with Crippen molar-refractivity contribution >= 4 is 5.95 Å². The Morgan fingerprint density at radius 1 is 1.00 bits per heavy atom. The summed E-state index contributed by atoms with van der Waals surface area (Å²) < 4.78 is 7.45. The lowest BCUT2D eigenvalue weighted by Crippen LogP contribution is -2.15. The van der Waals surface area contributed by atoms with Crippen LogP contribution in [0.2, 0.25) is 0 Å². The third kappa shape index (κ3) is 4.46. The van der Waals surface area contributed by atoms with Crippen molar-refractivity contribution in [2.24, 2.45) is 0 Å². The van der Waals surface area contributed by atoms with Crippen LogP contribution in [0.5, 0.6) is 5.75 Å². The molecule has 0 aliphatic heterocycles. The Morgan fingerprint density at radius 2 is 1.75 bits per heavy atom. The van der Waals surface area contributed by atoms with E-state index >= 15 is 0 Å². The Balaban J connectivity index is 1.65. The molecule has 3 heterocycles. The second-order valence-corrected chi connectivity index (χ2v) is 8.84. The number of anilines is 1. The number of benzene rings is 1. The first-order chi connectivity index (χ1) is 15.2. The molecule has 0 saturated heterocycles. The molecule has 0 radical (unpaired) electrons. The summed E-state index contributed by atoms with van der Waals surface area (Å²) in [6.45, 7) is 9.05. The van der Waals surface area contributed by atoms with Gasteiger partial charge in [0.25, 0.3) is 0 Å². The number of nitrogen functional groups attached to an aromatic ring is 1. The minimum absolute atomic E-state index is 0.00295. The Labute approximate surface area is 188 Å². The number of methoxy groups -OCH3 is 1. The molecule has 0 amide bonds. The molecule has 0 bridgehead atoms. The van der Waals surface area contributed by atoms with Gasteiger partial charge in [0.15, 0.2) is 0 Å². The summed E-state index contributed by atoms with van der Waals surface area (Å²) in [5, 5.41) is 4.51. The van der Waals surface area contributed by atoms with Crippen LogP contribution in [0.25, 0.3) is 22.5 Å². The monoisotopic (exact) mass is 428 g/mol. The van der Waals surface area contributed by atoms with Crippen molar-refractivity contribution < 1.29 is 4.74 Å². The summed E-state index contributed by atoms with van der Waals surface area (Å²) in [7, 11) is 1.66. The molecule has 0 aliphatic carbocycles. The standard InChI is InChI=1S/C25H28N6O/c1-16-8-6-10-19(23(16)32-5)21-12-20(29-24(26)30-21)17-13-27-31(14-17)15-18-9-7-11-22(28-18)25(2,3)4/h6-14H,15H2,1-5H3,(H2,26,29,30). The molecule has 2 N–H and O–H groups in total. The number of aromatic nitrogens is 5. The highest BCUT2D eigenvalue weighted by Crippen LogP contribution is 2.33. The van der Waals surface area contributed by atoms with E-state index < -0.39 is 0 Å². The minimum atomic E-state index is -0.00295. The molecule has 32 heavy (non-hydrogen) atoms. The van der Waals surface area contributed by atoms with Gasteiger partial charge in [-0.1, -0.05) is 39.0 Å². The minimum Gasteiger partial charge on any atom is -0.496 e. The summed E-state index contributed by atoms with van der Waals surface area (Å²) in [6, 6.07) is 14.0. The first kappa shape index (κ1) is 21.5. The maximum atomic E-state index is 6.05. The topological polar surface area (TPSA) is 91.7 Å². The van der Waals surface area contributed by atoms with Gasteiger partial charge in [-0.3, -0.25) is 9.67 Å². The Kier molecular flexibility index (Phi) is 5.65.